The summed E-state index contributed by atoms with van der Waals surface area (Å²) in [6.07, 6.45) is 3.67. The maximum absolute atomic E-state index is 12.1. The minimum Gasteiger partial charge on any atom is -0.478 e. The zero-order chi connectivity index (χ0) is 25.7. The minimum absolute atomic E-state index is 0.0304. The fourth-order valence-electron chi connectivity index (χ4n) is 2.22. The van der Waals surface area contributed by atoms with Crippen LogP contribution in [0.25, 0.3) is 0 Å². The Morgan fingerprint density at radius 2 is 1.62 bits per heavy atom. The molecule has 0 saturated carbocycles. The maximum Gasteiger partial charge on any atom is 0.328 e. The van der Waals surface area contributed by atoms with Crippen molar-refractivity contribution < 1.29 is 28.2 Å². The second-order valence-corrected chi connectivity index (χ2v) is 8.94. The van der Waals surface area contributed by atoms with Gasteiger partial charge in [-0.05, 0) is 43.5 Å². The molecule has 184 valence electrons. The Kier molecular flexibility index (Phi) is 11.2. The number of amidine groups is 1. The Bertz CT molecular complexity index is 1150. The molecular formula is C19H25N7O6S2. The lowest BCUT2D eigenvalue weighted by molar-refractivity contribution is -0.134. The Balaban J connectivity index is 0.000000620. The molecule has 0 atom stereocenters. The fourth-order valence-corrected chi connectivity index (χ4v) is 3.95. The van der Waals surface area contributed by atoms with Crippen LogP contribution in [0.2, 0.25) is 0 Å². The Labute approximate surface area is 199 Å². The lowest BCUT2D eigenvalue weighted by atomic mass is 10.1. The van der Waals surface area contributed by atoms with E-state index in [0.29, 0.717) is 42.2 Å². The normalized spacial score (nSPS) is 11.5. The quantitative estimate of drug-likeness (QED) is 0.0855. The molecule has 0 bridgehead atoms. The second kappa shape index (κ2) is 13.5. The lowest BCUT2D eigenvalue weighted by Crippen LogP contribution is -2.21. The largest absolute Gasteiger partial charge is 0.478 e. The Morgan fingerprint density at radius 3 is 2.15 bits per heavy atom. The van der Waals surface area contributed by atoms with E-state index < -0.39 is 22.0 Å². The highest BCUT2D eigenvalue weighted by atomic mass is 32.2. The molecule has 10 N–H and O–H groups in total. The van der Waals surface area contributed by atoms with E-state index in [9.17, 15) is 18.0 Å². The number of rotatable bonds is 10. The molecule has 0 spiro atoms. The highest BCUT2D eigenvalue weighted by Gasteiger charge is 2.13. The molecule has 34 heavy (non-hydrogen) atoms. The fraction of sp³-hybridized carbons (Fsp3) is 0.211. The van der Waals surface area contributed by atoms with E-state index in [1.165, 1.54) is 35.6 Å². The number of aliphatic imine (C=N–C) groups is 1. The van der Waals surface area contributed by atoms with Gasteiger partial charge in [0.25, 0.3) is 10.0 Å². The summed E-state index contributed by atoms with van der Waals surface area (Å²) >= 11 is 1.35. The molecule has 0 saturated heterocycles. The summed E-state index contributed by atoms with van der Waals surface area (Å²) < 4.78 is 28.0. The zero-order valence-electron chi connectivity index (χ0n) is 17.9. The van der Waals surface area contributed by atoms with Gasteiger partial charge >= 0.3 is 11.9 Å². The average Bonchev–Trinajstić information content (AvgIpc) is 3.16. The van der Waals surface area contributed by atoms with Crippen molar-refractivity contribution >= 4 is 55.9 Å². The van der Waals surface area contributed by atoms with Gasteiger partial charge in [0.05, 0.1) is 10.6 Å². The number of carboxylic acids is 2. The van der Waals surface area contributed by atoms with Crippen LogP contribution in [-0.2, 0) is 26.0 Å². The van der Waals surface area contributed by atoms with Crippen LogP contribution in [0.4, 0.5) is 10.8 Å². The van der Waals surface area contributed by atoms with Crippen molar-refractivity contribution in [3.63, 3.8) is 0 Å². The van der Waals surface area contributed by atoms with Crippen LogP contribution in [0.1, 0.15) is 25.0 Å². The predicted molar refractivity (Wildman–Crippen MR) is 129 cm³/mol. The van der Waals surface area contributed by atoms with E-state index in [1.807, 2.05) is 5.38 Å². The van der Waals surface area contributed by atoms with Gasteiger partial charge in [-0.3, -0.25) is 0 Å². The first-order valence-electron chi connectivity index (χ1n) is 9.52. The van der Waals surface area contributed by atoms with Crippen LogP contribution in [-0.4, -0.2) is 47.3 Å². The van der Waals surface area contributed by atoms with Crippen LogP contribution >= 0.6 is 11.3 Å². The number of aliphatic carboxylic acids is 2. The molecule has 0 unspecified atom stereocenters. The van der Waals surface area contributed by atoms with Gasteiger partial charge in [-0.25, -0.2) is 14.6 Å². The molecule has 0 fully saturated rings. The number of hydrogen-bond donors (Lipinski definition) is 6. The third-order valence-electron chi connectivity index (χ3n) is 3.66. The van der Waals surface area contributed by atoms with Gasteiger partial charge in [-0.1, -0.05) is 0 Å². The number of anilines is 1. The molecule has 0 aliphatic rings. The molecule has 0 aliphatic carbocycles. The summed E-state index contributed by atoms with van der Waals surface area (Å²) in [4.78, 5) is 27.3. The highest BCUT2D eigenvalue weighted by Crippen LogP contribution is 2.20. The molecule has 0 aliphatic heterocycles. The number of aromatic nitrogens is 1. The van der Waals surface area contributed by atoms with Crippen LogP contribution in [0.3, 0.4) is 0 Å². The average molecular weight is 512 g/mol. The molecular weight excluding hydrogens is 486 g/mol. The summed E-state index contributed by atoms with van der Waals surface area (Å²) in [6.45, 7) is 0. The van der Waals surface area contributed by atoms with Crippen LogP contribution in [0.15, 0.2) is 56.1 Å². The summed E-state index contributed by atoms with van der Waals surface area (Å²) in [5.74, 6) is -2.47. The smallest absolute Gasteiger partial charge is 0.328 e. The van der Waals surface area contributed by atoms with Gasteiger partial charge in [0.2, 0.25) is 5.13 Å². The molecule has 1 aromatic carbocycles. The number of hydrogen-bond acceptors (Lipinski definition) is 8. The topological polar surface area (TPSA) is 250 Å². The lowest BCUT2D eigenvalue weighted by Gasteiger charge is -2.03. The van der Waals surface area contributed by atoms with E-state index in [4.69, 9.17) is 33.1 Å². The molecule has 13 nitrogen and oxygen atoms in total. The summed E-state index contributed by atoms with van der Waals surface area (Å²) in [5, 5.41) is 18.0. The van der Waals surface area contributed by atoms with Crippen molar-refractivity contribution in [3.05, 3.63) is 47.5 Å². The molecule has 0 radical (unpaired) electrons. The van der Waals surface area contributed by atoms with Gasteiger partial charge < -0.3 is 33.1 Å². The molecule has 2 rings (SSSR count). The minimum atomic E-state index is -3.82. The number of sulfonamides is 1. The van der Waals surface area contributed by atoms with Gasteiger partial charge in [-0.15, -0.1) is 15.7 Å². The molecule has 0 amide bonds. The first-order chi connectivity index (χ1) is 15.9. The van der Waals surface area contributed by atoms with E-state index in [1.54, 1.807) is 0 Å². The molecule has 15 heteroatoms. The summed E-state index contributed by atoms with van der Waals surface area (Å²) in [6, 6.07) is 5.81. The number of nitrogens with zero attached hydrogens (tertiary/aromatic N) is 3. The van der Waals surface area contributed by atoms with Crippen molar-refractivity contribution in [2.75, 3.05) is 5.73 Å². The van der Waals surface area contributed by atoms with Crippen molar-refractivity contribution in [2.24, 2.45) is 26.6 Å². The van der Waals surface area contributed by atoms with Crippen molar-refractivity contribution in [3.8, 4) is 0 Å². The standard InChI is InChI=1S/C15H21N7O2S2.C4H4O4/c16-10-5-7-12(8-6-10)26(23,24)22-13(17)4-2-1-3-11-9-25-15(20-11)21-14(18)19;5-3(6)1-2-4(7)8/h5-9H,1-4,16H2,(H2,17,22)(H4,18,19,20,21);1-2H,(H,5,6)(H,7,8)/b;2-1-. The number of thiazole rings is 1. The highest BCUT2D eigenvalue weighted by molar-refractivity contribution is 7.90. The number of unbranched alkanes of at least 4 members (excludes halogenated alkanes) is 1. The number of carbonyl (C=O) groups is 2. The van der Waals surface area contributed by atoms with E-state index >= 15 is 0 Å². The summed E-state index contributed by atoms with van der Waals surface area (Å²) in [5.41, 5.74) is 23.3. The molecule has 1 heterocycles. The number of guanidine groups is 1. The van der Waals surface area contributed by atoms with Gasteiger partial charge in [0.15, 0.2) is 5.96 Å². The third kappa shape index (κ3) is 11.6. The van der Waals surface area contributed by atoms with Crippen LogP contribution in [0, 0.1) is 0 Å². The van der Waals surface area contributed by atoms with E-state index in [-0.39, 0.29) is 16.7 Å². The summed E-state index contributed by atoms with van der Waals surface area (Å²) in [7, 11) is -3.82. The number of aryl methyl sites for hydroxylation is 1. The number of nitrogens with two attached hydrogens (primary N) is 4. The maximum atomic E-state index is 12.1. The zero-order valence-corrected chi connectivity index (χ0v) is 19.5. The first-order valence-corrected chi connectivity index (χ1v) is 11.8. The Hall–Kier alpha value is -3.98. The number of nitrogen functional groups attached to an aromatic ring is 1. The van der Waals surface area contributed by atoms with E-state index in [2.05, 4.69) is 14.4 Å². The first kappa shape index (κ1) is 28.1. The number of benzene rings is 1. The van der Waals surface area contributed by atoms with Gasteiger partial charge in [-0.2, -0.15) is 13.4 Å². The van der Waals surface area contributed by atoms with Crippen LogP contribution < -0.4 is 22.9 Å². The van der Waals surface area contributed by atoms with Crippen molar-refractivity contribution in [2.45, 2.75) is 30.6 Å². The van der Waals surface area contributed by atoms with Crippen molar-refractivity contribution in [1.29, 1.82) is 0 Å². The Morgan fingerprint density at radius 1 is 1.03 bits per heavy atom. The molecule has 1 aromatic heterocycles. The third-order valence-corrected chi connectivity index (χ3v) is 5.79. The van der Waals surface area contributed by atoms with Gasteiger partial charge in [0.1, 0.15) is 5.84 Å². The van der Waals surface area contributed by atoms with E-state index in [0.717, 1.165) is 12.1 Å². The van der Waals surface area contributed by atoms with Gasteiger partial charge in [0, 0.05) is 29.6 Å². The molecule has 2 aromatic rings. The predicted octanol–water partition coefficient (Wildman–Crippen LogP) is 0.801. The monoisotopic (exact) mass is 511 g/mol. The SMILES string of the molecule is NC(N)=Nc1nc(CCCCC(N)=NS(=O)(=O)c2ccc(N)cc2)cs1.O=C(O)/C=C\C(=O)O. The van der Waals surface area contributed by atoms with Crippen molar-refractivity contribution in [1.82, 2.24) is 4.98 Å². The number of carboxylic acid groups (broad SMARTS) is 2. The van der Waals surface area contributed by atoms with Crippen LogP contribution in [0.5, 0.6) is 0 Å². The second-order valence-electron chi connectivity index (χ2n) is 6.50.